The number of likely N-dealkylation sites (tertiary alicyclic amines) is 1. The molecule has 65 heavy (non-hydrogen) atoms. The van der Waals surface area contributed by atoms with E-state index in [-0.39, 0.29) is 67.4 Å². The van der Waals surface area contributed by atoms with E-state index < -0.39 is 29.5 Å². The van der Waals surface area contributed by atoms with E-state index in [0.29, 0.717) is 72.2 Å². The summed E-state index contributed by atoms with van der Waals surface area (Å²) in [6.07, 6.45) is 4.32. The molecule has 4 fully saturated rings. The highest BCUT2D eigenvalue weighted by Gasteiger charge is 2.33. The molecule has 0 spiro atoms. The van der Waals surface area contributed by atoms with Crippen molar-refractivity contribution < 1.29 is 38.2 Å². The number of amides is 5. The van der Waals surface area contributed by atoms with E-state index in [4.69, 9.17) is 14.2 Å². The Hall–Kier alpha value is -6.47. The molecule has 0 radical (unpaired) electrons. The molecule has 3 N–H and O–H groups in total. The van der Waals surface area contributed by atoms with E-state index in [2.05, 4.69) is 39.6 Å². The number of carbonyl (C=O) groups excluding carboxylic acids is 5. The quantitative estimate of drug-likeness (QED) is 0.190. The van der Waals surface area contributed by atoms with Crippen LogP contribution >= 0.6 is 0 Å². The molecule has 2 aromatic carbocycles. The van der Waals surface area contributed by atoms with Gasteiger partial charge in [-0.15, -0.1) is 0 Å². The van der Waals surface area contributed by atoms with E-state index in [9.17, 15) is 33.6 Å². The Morgan fingerprint density at radius 2 is 1.11 bits per heavy atom. The molecule has 2 unspecified atom stereocenters. The summed E-state index contributed by atoms with van der Waals surface area (Å²) in [5, 5.41) is 7.94. The fraction of sp³-hybridized carbons (Fsp3) is 0.511. The summed E-state index contributed by atoms with van der Waals surface area (Å²) in [6, 6.07) is 9.44. The molecule has 0 saturated carbocycles. The Balaban J connectivity index is 0.000000198. The summed E-state index contributed by atoms with van der Waals surface area (Å²) < 4.78 is 23.1. The second-order valence-electron chi connectivity index (χ2n) is 17.5. The SMILES string of the molecule is Cn1c(=O)n(C2CCC(=O)NC2=O)c2cccc(C#CCOC3CCN(C(=O)OC(C)(C)C)CC3)c21.Cn1c(=O)n(C2CCC(=O)NC2=O)c2cccc(C#CCOC3CCNCC3)c21. The summed E-state index contributed by atoms with van der Waals surface area (Å²) >= 11 is 0. The smallest absolute Gasteiger partial charge is 0.410 e. The summed E-state index contributed by atoms with van der Waals surface area (Å²) in [7, 11) is 3.32. The van der Waals surface area contributed by atoms with Crippen LogP contribution in [0, 0.1) is 23.7 Å². The number of ether oxygens (including phenoxy) is 3. The van der Waals surface area contributed by atoms with Crippen molar-refractivity contribution in [3.05, 3.63) is 68.5 Å². The van der Waals surface area contributed by atoms with Gasteiger partial charge in [0.15, 0.2) is 0 Å². The lowest BCUT2D eigenvalue weighted by Crippen LogP contribution is -2.44. The topological polar surface area (TPSA) is 206 Å². The number of hydrogen-bond donors (Lipinski definition) is 3. The van der Waals surface area contributed by atoms with Gasteiger partial charge in [0.25, 0.3) is 0 Å². The van der Waals surface area contributed by atoms with Crippen LogP contribution in [-0.2, 0) is 47.5 Å². The molecule has 344 valence electrons. The van der Waals surface area contributed by atoms with E-state index in [1.54, 1.807) is 37.2 Å². The number of nitrogens with zero attached hydrogens (tertiary/aromatic N) is 5. The van der Waals surface area contributed by atoms with E-state index in [1.807, 2.05) is 39.0 Å². The van der Waals surface area contributed by atoms with Crippen LogP contribution in [0.3, 0.4) is 0 Å². The maximum absolute atomic E-state index is 13.0. The molecule has 6 heterocycles. The van der Waals surface area contributed by atoms with Gasteiger partial charge >= 0.3 is 17.5 Å². The first kappa shape index (κ1) is 46.5. The van der Waals surface area contributed by atoms with Gasteiger partial charge in [-0.05, 0) is 96.7 Å². The molecule has 18 nitrogen and oxygen atoms in total. The molecule has 4 aliphatic heterocycles. The van der Waals surface area contributed by atoms with Crippen LogP contribution in [0.1, 0.15) is 95.3 Å². The lowest BCUT2D eigenvalue weighted by Gasteiger charge is -2.33. The predicted octanol–water partition coefficient (Wildman–Crippen LogP) is 2.52. The minimum absolute atomic E-state index is 0.00624. The van der Waals surface area contributed by atoms with Gasteiger partial charge in [-0.1, -0.05) is 35.8 Å². The first-order valence-electron chi connectivity index (χ1n) is 22.1. The van der Waals surface area contributed by atoms with Crippen molar-refractivity contribution in [2.24, 2.45) is 14.1 Å². The maximum Gasteiger partial charge on any atom is 0.410 e. The zero-order valence-electron chi connectivity index (χ0n) is 37.5. The number of rotatable bonds is 6. The third kappa shape index (κ3) is 10.7. The Morgan fingerprint density at radius 3 is 1.54 bits per heavy atom. The molecule has 18 heteroatoms. The number of aromatic nitrogens is 4. The molecule has 0 aliphatic carbocycles. The summed E-state index contributed by atoms with van der Waals surface area (Å²) in [4.78, 5) is 87.5. The van der Waals surface area contributed by atoms with Crippen molar-refractivity contribution in [2.45, 2.75) is 102 Å². The average molecular weight is 893 g/mol. The number of hydrogen-bond acceptors (Lipinski definition) is 11. The number of imidazole rings is 2. The number of para-hydroxylation sites is 2. The molecule has 5 amide bonds. The molecule has 0 bridgehead atoms. The summed E-state index contributed by atoms with van der Waals surface area (Å²) in [6.45, 7) is 9.17. The monoisotopic (exact) mass is 892 g/mol. The molecular formula is C47H56N8O10. The van der Waals surface area contributed by atoms with Crippen LogP contribution in [0.4, 0.5) is 4.79 Å². The van der Waals surface area contributed by atoms with E-state index >= 15 is 0 Å². The minimum Gasteiger partial charge on any atom is -0.444 e. The number of nitrogens with one attached hydrogen (secondary N) is 3. The third-order valence-electron chi connectivity index (χ3n) is 11.9. The normalized spacial score (nSPS) is 19.7. The minimum atomic E-state index is -0.739. The first-order valence-corrected chi connectivity index (χ1v) is 22.1. The van der Waals surface area contributed by atoms with Crippen LogP contribution in [0.5, 0.6) is 0 Å². The zero-order chi connectivity index (χ0) is 46.4. The average Bonchev–Trinajstić information content (AvgIpc) is 3.68. The highest BCUT2D eigenvalue weighted by atomic mass is 16.6. The van der Waals surface area contributed by atoms with Crippen molar-refractivity contribution in [2.75, 3.05) is 39.4 Å². The van der Waals surface area contributed by atoms with Gasteiger partial charge in [0.1, 0.15) is 30.9 Å². The van der Waals surface area contributed by atoms with Crippen LogP contribution in [0.25, 0.3) is 22.1 Å². The third-order valence-corrected chi connectivity index (χ3v) is 11.9. The Bertz CT molecular complexity index is 2740. The summed E-state index contributed by atoms with van der Waals surface area (Å²) in [5.41, 5.74) is 2.76. The van der Waals surface area contributed by atoms with Gasteiger partial charge in [-0.25, -0.2) is 14.4 Å². The van der Waals surface area contributed by atoms with Crippen molar-refractivity contribution >= 4 is 51.8 Å². The van der Waals surface area contributed by atoms with Crippen LogP contribution in [0.2, 0.25) is 0 Å². The molecule has 2 atom stereocenters. The van der Waals surface area contributed by atoms with Gasteiger partial charge in [-0.3, -0.25) is 48.1 Å². The van der Waals surface area contributed by atoms with Crippen LogP contribution < -0.4 is 27.3 Å². The van der Waals surface area contributed by atoms with Gasteiger partial charge in [0.05, 0.1) is 45.4 Å². The molecule has 4 aliphatic rings. The second-order valence-corrected chi connectivity index (χ2v) is 17.5. The van der Waals surface area contributed by atoms with E-state index in [0.717, 1.165) is 25.9 Å². The fourth-order valence-corrected chi connectivity index (χ4v) is 8.61. The summed E-state index contributed by atoms with van der Waals surface area (Å²) in [5.74, 6) is 10.7. The standard InChI is InChI=1S/C26H32N4O6.C21H24N4O4/c1-26(2,3)36-25(34)29-14-12-18(13-15-29)35-16-6-8-17-7-5-9-19-22(17)28(4)24(33)30(19)20-10-11-21(31)27-23(20)32;1-24-19-14(5-3-13-29-15-9-11-22-12-10-15)4-2-6-16(19)25(21(24)28)17-7-8-18(26)23-20(17)27/h5,7,9,18,20H,10-16H2,1-4H3,(H,27,31,32);2,4,6,15,17,22H,7-13H2,1H3,(H,23,26,27). The Morgan fingerprint density at radius 1 is 0.662 bits per heavy atom. The Kier molecular flexibility index (Phi) is 14.4. The molecule has 4 aromatic rings. The number of aryl methyl sites for hydroxylation is 2. The number of imide groups is 2. The van der Waals surface area contributed by atoms with Gasteiger partial charge in [0.2, 0.25) is 23.6 Å². The zero-order valence-corrected chi connectivity index (χ0v) is 37.5. The number of carbonyl (C=O) groups is 5. The molecule has 2 aromatic heterocycles. The predicted molar refractivity (Wildman–Crippen MR) is 240 cm³/mol. The molecule has 8 rings (SSSR count). The maximum atomic E-state index is 13.0. The van der Waals surface area contributed by atoms with Crippen LogP contribution in [-0.4, -0.2) is 110 Å². The first-order chi connectivity index (χ1) is 31.1. The second kappa shape index (κ2) is 20.1. The number of benzene rings is 2. The highest BCUT2D eigenvalue weighted by molar-refractivity contribution is 6.01. The van der Waals surface area contributed by atoms with Crippen molar-refractivity contribution in [3.8, 4) is 23.7 Å². The highest BCUT2D eigenvalue weighted by Crippen LogP contribution is 2.26. The molecule has 4 saturated heterocycles. The van der Waals surface area contributed by atoms with Crippen molar-refractivity contribution in [1.82, 2.24) is 39.1 Å². The van der Waals surface area contributed by atoms with Gasteiger partial charge in [0, 0.05) is 40.0 Å². The van der Waals surface area contributed by atoms with Gasteiger partial charge in [-0.2, -0.15) is 0 Å². The van der Waals surface area contributed by atoms with Crippen molar-refractivity contribution in [3.63, 3.8) is 0 Å². The van der Waals surface area contributed by atoms with Crippen LogP contribution in [0.15, 0.2) is 46.0 Å². The van der Waals surface area contributed by atoms with E-state index in [1.165, 1.54) is 18.3 Å². The lowest BCUT2D eigenvalue weighted by molar-refractivity contribution is -0.137. The van der Waals surface area contributed by atoms with Gasteiger partial charge < -0.3 is 24.4 Å². The number of fused-ring (bicyclic) bond motifs is 2. The lowest BCUT2D eigenvalue weighted by atomic mass is 10.1. The fourth-order valence-electron chi connectivity index (χ4n) is 8.61. The Labute approximate surface area is 375 Å². The number of piperidine rings is 4. The van der Waals surface area contributed by atoms with Crippen molar-refractivity contribution in [1.29, 1.82) is 0 Å². The largest absolute Gasteiger partial charge is 0.444 e. The molecular weight excluding hydrogens is 837 g/mol.